The van der Waals surface area contributed by atoms with Crippen LogP contribution in [0.3, 0.4) is 0 Å². The van der Waals surface area contributed by atoms with Crippen molar-refractivity contribution in [2.45, 2.75) is 0 Å². The van der Waals surface area contributed by atoms with Crippen LogP contribution in [0.1, 0.15) is 9.67 Å². The lowest BCUT2D eigenvalue weighted by molar-refractivity contribution is 0.0959. The van der Waals surface area contributed by atoms with Crippen LogP contribution < -0.4 is 5.32 Å². The van der Waals surface area contributed by atoms with Gasteiger partial charge in [-0.1, -0.05) is 0 Å². The van der Waals surface area contributed by atoms with E-state index in [2.05, 4.69) is 21.2 Å². The van der Waals surface area contributed by atoms with Crippen LogP contribution in [0.15, 0.2) is 15.9 Å². The van der Waals surface area contributed by atoms with Crippen LogP contribution in [0.4, 0.5) is 0 Å². The Morgan fingerprint density at radius 1 is 1.60 bits per heavy atom. The Morgan fingerprint density at radius 2 is 2.27 bits per heavy atom. The monoisotopic (exact) mass is 311 g/mol. The smallest absolute Gasteiger partial charge is 0.262 e. The average Bonchev–Trinajstić information content (AvgIpc) is 2.48. The number of thiophene rings is 1. The van der Waals surface area contributed by atoms with Crippen LogP contribution in [-0.2, 0) is 9.84 Å². The second kappa shape index (κ2) is 5.09. The van der Waals surface area contributed by atoms with Crippen LogP contribution >= 0.6 is 27.3 Å². The van der Waals surface area contributed by atoms with Gasteiger partial charge in [-0.25, -0.2) is 8.42 Å². The number of amides is 1. The van der Waals surface area contributed by atoms with E-state index >= 15 is 0 Å². The molecule has 0 spiro atoms. The molecule has 1 rings (SSSR count). The third kappa shape index (κ3) is 4.31. The molecule has 1 heterocycles. The molecule has 0 bridgehead atoms. The molecule has 4 nitrogen and oxygen atoms in total. The summed E-state index contributed by atoms with van der Waals surface area (Å²) >= 11 is 4.54. The maximum Gasteiger partial charge on any atom is 0.262 e. The summed E-state index contributed by atoms with van der Waals surface area (Å²) in [5.74, 6) is -0.289. The van der Waals surface area contributed by atoms with Gasteiger partial charge in [0.05, 0.1) is 5.75 Å². The molecule has 0 atom stereocenters. The summed E-state index contributed by atoms with van der Waals surface area (Å²) in [7, 11) is -3.02. The topological polar surface area (TPSA) is 63.2 Å². The van der Waals surface area contributed by atoms with E-state index in [9.17, 15) is 13.2 Å². The highest BCUT2D eigenvalue weighted by Crippen LogP contribution is 2.22. The van der Waals surface area contributed by atoms with Crippen molar-refractivity contribution in [3.8, 4) is 0 Å². The fourth-order valence-electron chi connectivity index (χ4n) is 0.886. The molecule has 7 heteroatoms. The lowest BCUT2D eigenvalue weighted by Gasteiger charge is -2.02. The normalized spacial score (nSPS) is 11.3. The number of halogens is 1. The van der Waals surface area contributed by atoms with Crippen LogP contribution in [0.25, 0.3) is 0 Å². The highest BCUT2D eigenvalue weighted by atomic mass is 79.9. The van der Waals surface area contributed by atoms with Gasteiger partial charge in [-0.2, -0.15) is 0 Å². The summed E-state index contributed by atoms with van der Waals surface area (Å²) in [6.45, 7) is 0.141. The molecule has 1 N–H and O–H groups in total. The van der Waals surface area contributed by atoms with E-state index in [4.69, 9.17) is 0 Å². The highest BCUT2D eigenvalue weighted by molar-refractivity contribution is 9.10. The van der Waals surface area contributed by atoms with E-state index in [1.54, 1.807) is 11.4 Å². The SMILES string of the molecule is CS(=O)(=O)CCNC(=O)c1sccc1Br. The van der Waals surface area contributed by atoms with Crippen LogP contribution in [0, 0.1) is 0 Å². The number of rotatable bonds is 4. The Bertz CT molecular complexity index is 452. The van der Waals surface area contributed by atoms with Gasteiger partial charge in [0.1, 0.15) is 14.7 Å². The fraction of sp³-hybridized carbons (Fsp3) is 0.375. The molecule has 0 saturated carbocycles. The molecule has 0 unspecified atom stereocenters. The van der Waals surface area contributed by atoms with Gasteiger partial charge in [0, 0.05) is 17.3 Å². The lowest BCUT2D eigenvalue weighted by Crippen LogP contribution is -2.28. The van der Waals surface area contributed by atoms with E-state index in [1.165, 1.54) is 11.3 Å². The van der Waals surface area contributed by atoms with Gasteiger partial charge >= 0.3 is 0 Å². The summed E-state index contributed by atoms with van der Waals surface area (Å²) in [4.78, 5) is 12.0. The van der Waals surface area contributed by atoms with E-state index < -0.39 is 9.84 Å². The van der Waals surface area contributed by atoms with Gasteiger partial charge in [0.2, 0.25) is 0 Å². The molecule has 1 aromatic heterocycles. The average molecular weight is 312 g/mol. The third-order valence-electron chi connectivity index (χ3n) is 1.58. The maximum atomic E-state index is 11.5. The Balaban J connectivity index is 2.48. The zero-order chi connectivity index (χ0) is 11.5. The first-order valence-corrected chi connectivity index (χ1v) is 7.82. The standard InChI is InChI=1S/C8H10BrNO3S2/c1-15(12,13)5-3-10-8(11)7-6(9)2-4-14-7/h2,4H,3,5H2,1H3,(H,10,11). The third-order valence-corrected chi connectivity index (χ3v) is 4.36. The molecule has 0 aliphatic carbocycles. The van der Waals surface area contributed by atoms with Gasteiger partial charge in [-0.3, -0.25) is 4.79 Å². The van der Waals surface area contributed by atoms with E-state index in [1.807, 2.05) is 0 Å². The fourth-order valence-corrected chi connectivity index (χ4v) is 2.83. The largest absolute Gasteiger partial charge is 0.350 e. The summed E-state index contributed by atoms with van der Waals surface area (Å²) in [5, 5.41) is 4.33. The Morgan fingerprint density at radius 3 is 2.73 bits per heavy atom. The Hall–Kier alpha value is -0.400. The van der Waals surface area contributed by atoms with Crippen LogP contribution in [0.2, 0.25) is 0 Å². The van der Waals surface area contributed by atoms with Crippen LogP contribution in [-0.4, -0.2) is 32.9 Å². The van der Waals surface area contributed by atoms with Crippen molar-refractivity contribution in [2.75, 3.05) is 18.6 Å². The minimum Gasteiger partial charge on any atom is -0.350 e. The zero-order valence-electron chi connectivity index (χ0n) is 7.99. The molecule has 0 fully saturated rings. The molecule has 84 valence electrons. The van der Waals surface area contributed by atoms with Crippen molar-refractivity contribution >= 4 is 43.0 Å². The number of carbonyl (C=O) groups is 1. The summed E-state index contributed by atoms with van der Waals surface area (Å²) in [6, 6.07) is 1.77. The first-order chi connectivity index (χ1) is 6.90. The molecule has 15 heavy (non-hydrogen) atoms. The minimum absolute atomic E-state index is 0.0399. The number of nitrogens with one attached hydrogen (secondary N) is 1. The molecule has 0 aliphatic rings. The van der Waals surface area contributed by atoms with Gasteiger partial charge in [0.25, 0.3) is 5.91 Å². The molecule has 1 aromatic rings. The van der Waals surface area contributed by atoms with Gasteiger partial charge < -0.3 is 5.32 Å². The van der Waals surface area contributed by atoms with Crippen molar-refractivity contribution in [3.63, 3.8) is 0 Å². The van der Waals surface area contributed by atoms with Crippen molar-refractivity contribution in [1.82, 2.24) is 5.32 Å². The van der Waals surface area contributed by atoms with Crippen molar-refractivity contribution in [3.05, 3.63) is 20.8 Å². The Labute approximate surface area is 101 Å². The van der Waals surface area contributed by atoms with Crippen molar-refractivity contribution < 1.29 is 13.2 Å². The van der Waals surface area contributed by atoms with E-state index in [0.29, 0.717) is 4.88 Å². The van der Waals surface area contributed by atoms with Gasteiger partial charge in [-0.15, -0.1) is 11.3 Å². The first kappa shape index (κ1) is 12.7. The molecule has 0 aliphatic heterocycles. The van der Waals surface area contributed by atoms with E-state index in [0.717, 1.165) is 10.7 Å². The second-order valence-corrected chi connectivity index (χ2v) is 7.01. The summed E-state index contributed by atoms with van der Waals surface area (Å²) < 4.78 is 22.3. The lowest BCUT2D eigenvalue weighted by atomic mass is 10.4. The number of hydrogen-bond donors (Lipinski definition) is 1. The number of sulfone groups is 1. The second-order valence-electron chi connectivity index (χ2n) is 2.98. The van der Waals surface area contributed by atoms with Crippen molar-refractivity contribution in [1.29, 1.82) is 0 Å². The minimum atomic E-state index is -3.02. The summed E-state index contributed by atoms with van der Waals surface area (Å²) in [6.07, 6.45) is 1.14. The zero-order valence-corrected chi connectivity index (χ0v) is 11.2. The van der Waals surface area contributed by atoms with Gasteiger partial charge in [0.15, 0.2) is 0 Å². The van der Waals surface area contributed by atoms with Gasteiger partial charge in [-0.05, 0) is 27.4 Å². The van der Waals surface area contributed by atoms with Crippen molar-refractivity contribution in [2.24, 2.45) is 0 Å². The molecular weight excluding hydrogens is 302 g/mol. The predicted molar refractivity (Wildman–Crippen MR) is 64.1 cm³/mol. The molecular formula is C8H10BrNO3S2. The van der Waals surface area contributed by atoms with Crippen LogP contribution in [0.5, 0.6) is 0 Å². The summed E-state index contributed by atoms with van der Waals surface area (Å²) in [5.41, 5.74) is 0. The number of hydrogen-bond acceptors (Lipinski definition) is 4. The Kier molecular flexibility index (Phi) is 4.30. The molecule has 0 aromatic carbocycles. The first-order valence-electron chi connectivity index (χ1n) is 4.09. The highest BCUT2D eigenvalue weighted by Gasteiger charge is 2.11. The quantitative estimate of drug-likeness (QED) is 0.911. The molecule has 0 radical (unpaired) electrons. The predicted octanol–water partition coefficient (Wildman–Crippen LogP) is 1.28. The molecule has 0 saturated heterocycles. The molecule has 1 amide bonds. The maximum absolute atomic E-state index is 11.5. The van der Waals surface area contributed by atoms with E-state index in [-0.39, 0.29) is 18.2 Å². The number of carbonyl (C=O) groups excluding carboxylic acids is 1.